The van der Waals surface area contributed by atoms with Crippen molar-refractivity contribution in [1.29, 1.82) is 0 Å². The molecule has 10 heteroatoms. The number of hydrogen-bond acceptors (Lipinski definition) is 4. The standard InChI is InChI=1S/C21H20FN5O3S/c1-26(2)31(29,30)25-18-6-4-5-15(19(18)22)20(28)17-11-24-21-16(17)9-14(10-23-21)13-7-8-27(3)12-13/h4-12,25H,1-3H3,(H,23,24). The molecule has 0 bridgehead atoms. The Morgan fingerprint density at radius 3 is 2.65 bits per heavy atom. The van der Waals surface area contributed by atoms with Crippen molar-refractivity contribution in [2.75, 3.05) is 18.8 Å². The summed E-state index contributed by atoms with van der Waals surface area (Å²) in [6, 6.07) is 7.75. The number of nitrogens with one attached hydrogen (secondary N) is 2. The first-order chi connectivity index (χ1) is 14.7. The molecule has 3 heterocycles. The van der Waals surface area contributed by atoms with Crippen molar-refractivity contribution in [2.45, 2.75) is 0 Å². The van der Waals surface area contributed by atoms with Gasteiger partial charge in [-0.25, -0.2) is 9.37 Å². The summed E-state index contributed by atoms with van der Waals surface area (Å²) in [6.45, 7) is 0. The maximum atomic E-state index is 15.1. The van der Waals surface area contributed by atoms with Crippen molar-refractivity contribution in [3.8, 4) is 11.1 Å². The maximum Gasteiger partial charge on any atom is 0.301 e. The molecule has 0 amide bonds. The number of ketones is 1. The molecule has 0 aliphatic carbocycles. The molecular formula is C21H20FN5O3S. The van der Waals surface area contributed by atoms with E-state index in [2.05, 4.69) is 14.7 Å². The highest BCUT2D eigenvalue weighted by atomic mass is 32.2. The Hall–Kier alpha value is -3.50. The highest BCUT2D eigenvalue weighted by Gasteiger charge is 2.23. The van der Waals surface area contributed by atoms with Gasteiger partial charge in [0, 0.05) is 68.0 Å². The minimum atomic E-state index is -3.93. The molecule has 0 radical (unpaired) electrons. The largest absolute Gasteiger partial charge is 0.357 e. The summed E-state index contributed by atoms with van der Waals surface area (Å²) in [5.74, 6) is -1.53. The molecule has 0 aliphatic heterocycles. The molecule has 1 aromatic carbocycles. The van der Waals surface area contributed by atoms with Crippen molar-refractivity contribution in [3.63, 3.8) is 0 Å². The quantitative estimate of drug-likeness (QED) is 0.449. The number of carbonyl (C=O) groups is 1. The van der Waals surface area contributed by atoms with Gasteiger partial charge >= 0.3 is 10.2 Å². The second-order valence-corrected chi connectivity index (χ2v) is 9.16. The zero-order valence-electron chi connectivity index (χ0n) is 17.0. The number of H-pyrrole nitrogens is 1. The van der Waals surface area contributed by atoms with Crippen LogP contribution in [0.4, 0.5) is 10.1 Å². The molecule has 4 rings (SSSR count). The van der Waals surface area contributed by atoms with Crippen molar-refractivity contribution in [1.82, 2.24) is 18.8 Å². The van der Waals surface area contributed by atoms with Gasteiger partial charge in [0.1, 0.15) is 5.65 Å². The van der Waals surface area contributed by atoms with Gasteiger partial charge in [-0.1, -0.05) is 6.07 Å². The Labute approximate surface area is 178 Å². The number of fused-ring (bicyclic) bond motifs is 1. The topological polar surface area (TPSA) is 100 Å². The van der Waals surface area contributed by atoms with Crippen molar-refractivity contribution < 1.29 is 17.6 Å². The molecule has 2 N–H and O–H groups in total. The Morgan fingerprint density at radius 2 is 1.97 bits per heavy atom. The average Bonchev–Trinajstić information content (AvgIpc) is 3.34. The van der Waals surface area contributed by atoms with Gasteiger partial charge in [0.2, 0.25) is 0 Å². The molecule has 160 valence electrons. The fourth-order valence-electron chi connectivity index (χ4n) is 3.18. The van der Waals surface area contributed by atoms with Crippen LogP contribution in [0.5, 0.6) is 0 Å². The minimum absolute atomic E-state index is 0.242. The predicted molar refractivity (Wildman–Crippen MR) is 117 cm³/mol. The third kappa shape index (κ3) is 3.82. The van der Waals surface area contributed by atoms with E-state index in [0.29, 0.717) is 11.0 Å². The summed E-state index contributed by atoms with van der Waals surface area (Å²) < 4.78 is 44.1. The highest BCUT2D eigenvalue weighted by molar-refractivity contribution is 7.90. The van der Waals surface area contributed by atoms with Crippen molar-refractivity contribution >= 4 is 32.7 Å². The molecule has 0 aliphatic rings. The molecule has 4 aromatic rings. The van der Waals surface area contributed by atoms with Gasteiger partial charge in [0.15, 0.2) is 11.6 Å². The molecule has 0 fully saturated rings. The maximum absolute atomic E-state index is 15.1. The first kappa shape index (κ1) is 20.8. The third-order valence-electron chi connectivity index (χ3n) is 4.90. The van der Waals surface area contributed by atoms with Crippen LogP contribution in [0.1, 0.15) is 15.9 Å². The molecule has 8 nitrogen and oxygen atoms in total. The summed E-state index contributed by atoms with van der Waals surface area (Å²) in [4.78, 5) is 20.5. The molecule has 0 saturated heterocycles. The number of pyridine rings is 1. The Morgan fingerprint density at radius 1 is 1.19 bits per heavy atom. The average molecular weight is 441 g/mol. The van der Waals surface area contributed by atoms with Gasteiger partial charge in [0.25, 0.3) is 0 Å². The molecule has 3 aromatic heterocycles. The lowest BCUT2D eigenvalue weighted by Crippen LogP contribution is -2.29. The Bertz CT molecular complexity index is 1410. The first-order valence-electron chi connectivity index (χ1n) is 9.30. The lowest BCUT2D eigenvalue weighted by atomic mass is 10.0. The SMILES string of the molecule is CN(C)S(=O)(=O)Nc1cccc(C(=O)c2c[nH]c3ncc(-c4ccn(C)c4)cc23)c1F. The fourth-order valence-corrected chi connectivity index (χ4v) is 3.80. The molecular weight excluding hydrogens is 421 g/mol. The highest BCUT2D eigenvalue weighted by Crippen LogP contribution is 2.28. The monoisotopic (exact) mass is 441 g/mol. The van der Waals surface area contributed by atoms with Crippen LogP contribution in [0.25, 0.3) is 22.2 Å². The van der Waals surface area contributed by atoms with E-state index in [4.69, 9.17) is 0 Å². The van der Waals surface area contributed by atoms with E-state index in [1.807, 2.05) is 36.1 Å². The van der Waals surface area contributed by atoms with Gasteiger partial charge in [-0.05, 0) is 24.3 Å². The summed E-state index contributed by atoms with van der Waals surface area (Å²) in [6.07, 6.45) is 7.00. The van der Waals surface area contributed by atoms with Crippen LogP contribution >= 0.6 is 0 Å². The number of aromatic amines is 1. The molecule has 0 atom stereocenters. The second-order valence-electron chi connectivity index (χ2n) is 7.27. The number of halogens is 1. The van der Waals surface area contributed by atoms with Gasteiger partial charge in [0.05, 0.1) is 11.3 Å². The van der Waals surface area contributed by atoms with E-state index < -0.39 is 21.8 Å². The van der Waals surface area contributed by atoms with Crippen molar-refractivity contribution in [3.05, 3.63) is 72.1 Å². The van der Waals surface area contributed by atoms with E-state index in [9.17, 15) is 13.2 Å². The van der Waals surface area contributed by atoms with Gasteiger partial charge in [-0.3, -0.25) is 9.52 Å². The summed E-state index contributed by atoms with van der Waals surface area (Å²) in [5, 5.41) is 0.546. The lowest BCUT2D eigenvalue weighted by Gasteiger charge is -2.14. The van der Waals surface area contributed by atoms with E-state index in [1.54, 1.807) is 6.20 Å². The molecule has 0 spiro atoms. The van der Waals surface area contributed by atoms with Crippen molar-refractivity contribution in [2.24, 2.45) is 7.05 Å². The van der Waals surface area contributed by atoms with Gasteiger partial charge < -0.3 is 9.55 Å². The summed E-state index contributed by atoms with van der Waals surface area (Å²) in [7, 11) is 0.615. The minimum Gasteiger partial charge on any atom is -0.357 e. The number of anilines is 1. The number of hydrogen-bond donors (Lipinski definition) is 2. The summed E-state index contributed by atoms with van der Waals surface area (Å²) >= 11 is 0. The number of nitrogens with zero attached hydrogens (tertiary/aromatic N) is 3. The van der Waals surface area contributed by atoms with Crippen LogP contribution < -0.4 is 4.72 Å². The van der Waals surface area contributed by atoms with Gasteiger partial charge in [-0.2, -0.15) is 12.7 Å². The van der Waals surface area contributed by atoms with E-state index >= 15 is 4.39 Å². The zero-order valence-corrected chi connectivity index (χ0v) is 17.9. The zero-order chi connectivity index (χ0) is 22.3. The van der Waals surface area contributed by atoms with Crippen LogP contribution in [0.15, 0.2) is 55.1 Å². The number of aryl methyl sites for hydroxylation is 1. The van der Waals surface area contributed by atoms with Crippen LogP contribution in [0, 0.1) is 5.82 Å². The smallest absolute Gasteiger partial charge is 0.301 e. The normalized spacial score (nSPS) is 11.9. The predicted octanol–water partition coefficient (Wildman–Crippen LogP) is 3.16. The Balaban J connectivity index is 1.76. The van der Waals surface area contributed by atoms with Crippen LogP contribution in [-0.2, 0) is 17.3 Å². The number of aromatic nitrogens is 3. The molecule has 0 saturated carbocycles. The molecule has 31 heavy (non-hydrogen) atoms. The number of carbonyl (C=O) groups excluding carboxylic acids is 1. The van der Waals surface area contributed by atoms with Crippen LogP contribution in [0.3, 0.4) is 0 Å². The van der Waals surface area contributed by atoms with E-state index in [0.717, 1.165) is 15.4 Å². The number of rotatable bonds is 6. The van der Waals surface area contributed by atoms with Crippen LogP contribution in [-0.4, -0.2) is 47.1 Å². The van der Waals surface area contributed by atoms with Crippen LogP contribution in [0.2, 0.25) is 0 Å². The second kappa shape index (κ2) is 7.64. The van der Waals surface area contributed by atoms with Gasteiger partial charge in [-0.15, -0.1) is 0 Å². The Kier molecular flexibility index (Phi) is 5.11. The lowest BCUT2D eigenvalue weighted by molar-refractivity contribution is 0.103. The van der Waals surface area contributed by atoms with E-state index in [-0.39, 0.29) is 16.8 Å². The fraction of sp³-hybridized carbons (Fsp3) is 0.143. The molecule has 0 unspecified atom stereocenters. The number of benzene rings is 1. The first-order valence-corrected chi connectivity index (χ1v) is 10.7. The summed E-state index contributed by atoms with van der Waals surface area (Å²) in [5.41, 5.74) is 1.93. The third-order valence-corrected chi connectivity index (χ3v) is 6.34. The van der Waals surface area contributed by atoms with E-state index in [1.165, 1.54) is 38.5 Å².